The Morgan fingerprint density at radius 2 is 1.80 bits per heavy atom. The van der Waals surface area contributed by atoms with E-state index >= 15 is 0 Å². The summed E-state index contributed by atoms with van der Waals surface area (Å²) in [6.45, 7) is 1.98. The molecule has 0 aromatic heterocycles. The van der Waals surface area contributed by atoms with E-state index in [0.29, 0.717) is 15.8 Å². The number of Topliss-reactive ketones (excluding diaryl/α,β-unsaturated/α-hetero) is 1. The number of ketones is 1. The molecule has 0 saturated heterocycles. The van der Waals surface area contributed by atoms with Gasteiger partial charge in [-0.1, -0.05) is 35.3 Å². The van der Waals surface area contributed by atoms with Crippen LogP contribution in [0, 0.1) is 6.92 Å². The SMILES string of the molecule is Cc1ccc(CC(=O)COc2ccc(Cl)cc2)c(Cl)c1. The molecule has 2 aromatic rings. The summed E-state index contributed by atoms with van der Waals surface area (Å²) >= 11 is 11.9. The number of carbonyl (C=O) groups is 1. The lowest BCUT2D eigenvalue weighted by atomic mass is 10.1. The van der Waals surface area contributed by atoms with E-state index in [2.05, 4.69) is 0 Å². The molecule has 4 heteroatoms. The fourth-order valence-corrected chi connectivity index (χ4v) is 2.18. The van der Waals surface area contributed by atoms with Crippen molar-refractivity contribution in [2.75, 3.05) is 6.61 Å². The molecule has 0 spiro atoms. The Balaban J connectivity index is 1.90. The smallest absolute Gasteiger partial charge is 0.174 e. The molecule has 20 heavy (non-hydrogen) atoms. The molecule has 0 N–H and O–H groups in total. The average molecular weight is 309 g/mol. The van der Waals surface area contributed by atoms with Gasteiger partial charge < -0.3 is 4.74 Å². The second-order valence-electron chi connectivity index (χ2n) is 4.55. The van der Waals surface area contributed by atoms with Crippen LogP contribution in [0.2, 0.25) is 10.0 Å². The van der Waals surface area contributed by atoms with E-state index in [1.165, 1.54) is 0 Å². The highest BCUT2D eigenvalue weighted by Crippen LogP contribution is 2.19. The highest BCUT2D eigenvalue weighted by Gasteiger charge is 2.08. The molecule has 0 atom stereocenters. The summed E-state index contributed by atoms with van der Waals surface area (Å²) < 4.78 is 5.41. The number of ether oxygens (including phenoxy) is 1. The molecule has 104 valence electrons. The maximum Gasteiger partial charge on any atom is 0.174 e. The third kappa shape index (κ3) is 4.26. The Morgan fingerprint density at radius 1 is 1.10 bits per heavy atom. The van der Waals surface area contributed by atoms with Gasteiger partial charge in [-0.25, -0.2) is 0 Å². The summed E-state index contributed by atoms with van der Waals surface area (Å²) in [5.41, 5.74) is 1.89. The molecular formula is C16H14Cl2O2. The zero-order chi connectivity index (χ0) is 14.5. The van der Waals surface area contributed by atoms with Crippen LogP contribution in [0.15, 0.2) is 42.5 Å². The van der Waals surface area contributed by atoms with Gasteiger partial charge in [0.25, 0.3) is 0 Å². The van der Waals surface area contributed by atoms with Crippen LogP contribution in [0.1, 0.15) is 11.1 Å². The summed E-state index contributed by atoms with van der Waals surface area (Å²) in [6.07, 6.45) is 0.271. The summed E-state index contributed by atoms with van der Waals surface area (Å²) in [7, 11) is 0. The second kappa shape index (κ2) is 6.78. The molecule has 0 aliphatic heterocycles. The van der Waals surface area contributed by atoms with Crippen molar-refractivity contribution in [3.63, 3.8) is 0 Å². The normalized spacial score (nSPS) is 10.3. The van der Waals surface area contributed by atoms with Gasteiger partial charge in [0.05, 0.1) is 0 Å². The second-order valence-corrected chi connectivity index (χ2v) is 5.40. The third-order valence-electron chi connectivity index (χ3n) is 2.81. The molecule has 2 aromatic carbocycles. The van der Waals surface area contributed by atoms with E-state index < -0.39 is 0 Å². The standard InChI is InChI=1S/C16H14Cl2O2/c1-11-2-3-12(16(18)8-11)9-14(19)10-20-15-6-4-13(17)5-7-15/h2-8H,9-10H2,1H3. The highest BCUT2D eigenvalue weighted by molar-refractivity contribution is 6.31. The zero-order valence-corrected chi connectivity index (χ0v) is 12.5. The van der Waals surface area contributed by atoms with E-state index in [9.17, 15) is 4.79 Å². The number of halogens is 2. The largest absolute Gasteiger partial charge is 0.486 e. The molecule has 0 heterocycles. The van der Waals surface area contributed by atoms with Crippen molar-refractivity contribution in [1.29, 1.82) is 0 Å². The van der Waals surface area contributed by atoms with Crippen molar-refractivity contribution >= 4 is 29.0 Å². The van der Waals surface area contributed by atoms with Gasteiger partial charge in [-0.15, -0.1) is 0 Å². The topological polar surface area (TPSA) is 26.3 Å². The Kier molecular flexibility index (Phi) is 5.05. The van der Waals surface area contributed by atoms with E-state index in [1.807, 2.05) is 25.1 Å². The fraction of sp³-hybridized carbons (Fsp3) is 0.188. The van der Waals surface area contributed by atoms with Crippen molar-refractivity contribution in [1.82, 2.24) is 0 Å². The van der Waals surface area contributed by atoms with Crippen molar-refractivity contribution < 1.29 is 9.53 Å². The predicted octanol–water partition coefficient (Wildman–Crippen LogP) is 4.49. The van der Waals surface area contributed by atoms with Gasteiger partial charge in [-0.3, -0.25) is 4.79 Å². The maximum absolute atomic E-state index is 11.9. The monoisotopic (exact) mass is 308 g/mol. The number of benzene rings is 2. The highest BCUT2D eigenvalue weighted by atomic mass is 35.5. The van der Waals surface area contributed by atoms with Crippen LogP contribution in [0.3, 0.4) is 0 Å². The molecule has 0 aliphatic rings. The molecule has 2 nitrogen and oxygen atoms in total. The Morgan fingerprint density at radius 3 is 2.45 bits per heavy atom. The van der Waals surface area contributed by atoms with Crippen LogP contribution in [0.4, 0.5) is 0 Å². The summed E-state index contributed by atoms with van der Waals surface area (Å²) in [5, 5.41) is 1.25. The van der Waals surface area contributed by atoms with Crippen LogP contribution in [-0.4, -0.2) is 12.4 Å². The first kappa shape index (κ1) is 14.9. The quantitative estimate of drug-likeness (QED) is 0.813. The van der Waals surface area contributed by atoms with E-state index in [0.717, 1.165) is 11.1 Å². The number of hydrogen-bond acceptors (Lipinski definition) is 2. The van der Waals surface area contributed by atoms with Gasteiger partial charge in [-0.2, -0.15) is 0 Å². The maximum atomic E-state index is 11.9. The van der Waals surface area contributed by atoms with Crippen LogP contribution in [-0.2, 0) is 11.2 Å². The Labute approximate surface area is 128 Å². The first-order chi connectivity index (χ1) is 9.54. The Bertz CT molecular complexity index is 606. The van der Waals surface area contributed by atoms with Gasteiger partial charge in [0.15, 0.2) is 5.78 Å². The van der Waals surface area contributed by atoms with Crippen LogP contribution in [0.5, 0.6) is 5.75 Å². The van der Waals surface area contributed by atoms with Crippen LogP contribution in [0.25, 0.3) is 0 Å². The lowest BCUT2D eigenvalue weighted by molar-refractivity contribution is -0.120. The molecule has 0 saturated carbocycles. The predicted molar refractivity (Wildman–Crippen MR) is 81.8 cm³/mol. The molecule has 0 aliphatic carbocycles. The minimum absolute atomic E-state index is 0.0197. The lowest BCUT2D eigenvalue weighted by Crippen LogP contribution is -2.14. The van der Waals surface area contributed by atoms with Gasteiger partial charge in [0, 0.05) is 16.5 Å². The first-order valence-electron chi connectivity index (χ1n) is 6.19. The van der Waals surface area contributed by atoms with Crippen molar-refractivity contribution in [3.8, 4) is 5.75 Å². The van der Waals surface area contributed by atoms with E-state index in [1.54, 1.807) is 24.3 Å². The minimum Gasteiger partial charge on any atom is -0.486 e. The van der Waals surface area contributed by atoms with Crippen LogP contribution >= 0.6 is 23.2 Å². The minimum atomic E-state index is -0.0225. The van der Waals surface area contributed by atoms with Crippen molar-refractivity contribution in [3.05, 3.63) is 63.6 Å². The molecular weight excluding hydrogens is 295 g/mol. The fourth-order valence-electron chi connectivity index (χ4n) is 1.75. The van der Waals surface area contributed by atoms with Crippen LogP contribution < -0.4 is 4.74 Å². The van der Waals surface area contributed by atoms with E-state index in [4.69, 9.17) is 27.9 Å². The lowest BCUT2D eigenvalue weighted by Gasteiger charge is -2.07. The van der Waals surface area contributed by atoms with Gasteiger partial charge >= 0.3 is 0 Å². The van der Waals surface area contributed by atoms with Crippen molar-refractivity contribution in [2.45, 2.75) is 13.3 Å². The summed E-state index contributed by atoms with van der Waals surface area (Å²) in [4.78, 5) is 11.9. The first-order valence-corrected chi connectivity index (χ1v) is 6.95. The summed E-state index contributed by atoms with van der Waals surface area (Å²) in [5.74, 6) is 0.600. The third-order valence-corrected chi connectivity index (χ3v) is 3.41. The number of hydrogen-bond donors (Lipinski definition) is 0. The number of aryl methyl sites for hydroxylation is 1. The van der Waals surface area contributed by atoms with Gasteiger partial charge in [0.1, 0.15) is 12.4 Å². The number of rotatable bonds is 5. The Hall–Kier alpha value is -1.51. The molecule has 0 amide bonds. The molecule has 2 rings (SSSR count). The van der Waals surface area contributed by atoms with Gasteiger partial charge in [-0.05, 0) is 48.4 Å². The number of carbonyl (C=O) groups excluding carboxylic acids is 1. The molecule has 0 radical (unpaired) electrons. The molecule has 0 unspecified atom stereocenters. The van der Waals surface area contributed by atoms with Gasteiger partial charge in [0.2, 0.25) is 0 Å². The average Bonchev–Trinajstić information content (AvgIpc) is 2.41. The summed E-state index contributed by atoms with van der Waals surface area (Å²) in [6, 6.07) is 12.6. The molecule has 0 bridgehead atoms. The van der Waals surface area contributed by atoms with Crippen molar-refractivity contribution in [2.24, 2.45) is 0 Å². The zero-order valence-electron chi connectivity index (χ0n) is 11.0. The van der Waals surface area contributed by atoms with E-state index in [-0.39, 0.29) is 18.8 Å². The molecule has 0 fully saturated rings.